The van der Waals surface area contributed by atoms with Gasteiger partial charge in [0.25, 0.3) is 0 Å². The van der Waals surface area contributed by atoms with Crippen molar-refractivity contribution in [3.8, 4) is 0 Å². The Balaban J connectivity index is 2.20. The van der Waals surface area contributed by atoms with E-state index in [1.807, 2.05) is 18.7 Å². The van der Waals surface area contributed by atoms with Crippen molar-refractivity contribution in [1.29, 1.82) is 0 Å². The number of nitrogens with zero attached hydrogens (tertiary/aromatic N) is 2. The van der Waals surface area contributed by atoms with Gasteiger partial charge in [0.2, 0.25) is 0 Å². The maximum absolute atomic E-state index is 6.32. The van der Waals surface area contributed by atoms with E-state index in [0.29, 0.717) is 0 Å². The van der Waals surface area contributed by atoms with Gasteiger partial charge >= 0.3 is 0 Å². The summed E-state index contributed by atoms with van der Waals surface area (Å²) in [7, 11) is 1.97. The van der Waals surface area contributed by atoms with Crippen LogP contribution in [0, 0.1) is 6.92 Å². The molecule has 0 amide bonds. The van der Waals surface area contributed by atoms with E-state index < -0.39 is 0 Å². The van der Waals surface area contributed by atoms with E-state index in [1.54, 1.807) is 0 Å². The Morgan fingerprint density at radius 2 is 2.19 bits per heavy atom. The standard InChI is InChI=1S/C13H21N3/c1-10-9-12(16(2)15-10)13(14)11-7-5-3-4-6-8-11/h7,9,13H,3-6,8,14H2,1-2H3. The Labute approximate surface area is 97.3 Å². The molecule has 88 valence electrons. The van der Waals surface area contributed by atoms with Gasteiger partial charge in [-0.2, -0.15) is 5.10 Å². The third-order valence-corrected chi connectivity index (χ3v) is 3.33. The number of hydrogen-bond donors (Lipinski definition) is 1. The number of allylic oxidation sites excluding steroid dienone is 1. The van der Waals surface area contributed by atoms with Crippen molar-refractivity contribution >= 4 is 0 Å². The summed E-state index contributed by atoms with van der Waals surface area (Å²) in [5.74, 6) is 0. The molecular formula is C13H21N3. The summed E-state index contributed by atoms with van der Waals surface area (Å²) < 4.78 is 1.91. The van der Waals surface area contributed by atoms with Gasteiger partial charge in [-0.05, 0) is 38.7 Å². The lowest BCUT2D eigenvalue weighted by molar-refractivity contribution is 0.636. The fraction of sp³-hybridized carbons (Fsp3) is 0.615. The molecule has 3 heteroatoms. The molecular weight excluding hydrogens is 198 g/mol. The molecule has 1 atom stereocenters. The minimum atomic E-state index is 0.0318. The molecule has 16 heavy (non-hydrogen) atoms. The van der Waals surface area contributed by atoms with Crippen molar-refractivity contribution < 1.29 is 0 Å². The lowest BCUT2D eigenvalue weighted by Crippen LogP contribution is -2.17. The van der Waals surface area contributed by atoms with Crippen LogP contribution in [0.1, 0.15) is 49.5 Å². The molecule has 1 aromatic rings. The first-order valence-electron chi connectivity index (χ1n) is 6.13. The van der Waals surface area contributed by atoms with Crippen LogP contribution < -0.4 is 5.73 Å². The maximum Gasteiger partial charge on any atom is 0.0682 e. The first kappa shape index (κ1) is 11.4. The third kappa shape index (κ3) is 2.35. The van der Waals surface area contributed by atoms with Gasteiger partial charge in [-0.15, -0.1) is 0 Å². The molecule has 2 rings (SSSR count). The van der Waals surface area contributed by atoms with Gasteiger partial charge in [-0.1, -0.05) is 18.1 Å². The second kappa shape index (κ2) is 4.83. The van der Waals surface area contributed by atoms with Crippen LogP contribution >= 0.6 is 0 Å². The molecule has 1 aromatic heterocycles. The minimum absolute atomic E-state index is 0.0318. The van der Waals surface area contributed by atoms with Gasteiger partial charge in [0.15, 0.2) is 0 Å². The molecule has 0 saturated carbocycles. The number of aromatic nitrogens is 2. The Kier molecular flexibility index (Phi) is 3.44. The van der Waals surface area contributed by atoms with E-state index in [-0.39, 0.29) is 6.04 Å². The zero-order valence-corrected chi connectivity index (χ0v) is 10.2. The highest BCUT2D eigenvalue weighted by atomic mass is 15.3. The van der Waals surface area contributed by atoms with Gasteiger partial charge in [0.05, 0.1) is 17.4 Å². The molecule has 1 aliphatic carbocycles. The number of nitrogens with two attached hydrogens (primary N) is 1. The zero-order valence-electron chi connectivity index (χ0n) is 10.2. The average Bonchev–Trinajstić information content (AvgIpc) is 2.49. The third-order valence-electron chi connectivity index (χ3n) is 3.33. The fourth-order valence-corrected chi connectivity index (χ4v) is 2.43. The topological polar surface area (TPSA) is 43.8 Å². The molecule has 0 aliphatic heterocycles. The predicted octanol–water partition coefficient (Wildman–Crippen LogP) is 2.62. The van der Waals surface area contributed by atoms with Gasteiger partial charge in [-0.25, -0.2) is 0 Å². The summed E-state index contributed by atoms with van der Waals surface area (Å²) in [5.41, 5.74) is 9.89. The van der Waals surface area contributed by atoms with Crippen LogP contribution in [0.25, 0.3) is 0 Å². The Morgan fingerprint density at radius 1 is 1.38 bits per heavy atom. The average molecular weight is 219 g/mol. The molecule has 2 N–H and O–H groups in total. The number of hydrogen-bond acceptors (Lipinski definition) is 2. The predicted molar refractivity (Wildman–Crippen MR) is 66.0 cm³/mol. The van der Waals surface area contributed by atoms with Crippen LogP contribution in [0.4, 0.5) is 0 Å². The Hall–Kier alpha value is -1.09. The van der Waals surface area contributed by atoms with Crippen LogP contribution in [0.15, 0.2) is 17.7 Å². The monoisotopic (exact) mass is 219 g/mol. The molecule has 0 radical (unpaired) electrons. The van der Waals surface area contributed by atoms with E-state index in [2.05, 4.69) is 17.2 Å². The zero-order chi connectivity index (χ0) is 11.5. The van der Waals surface area contributed by atoms with Gasteiger partial charge in [0.1, 0.15) is 0 Å². The van der Waals surface area contributed by atoms with E-state index >= 15 is 0 Å². The SMILES string of the molecule is Cc1cc(C(N)C2=CCCCCC2)n(C)n1. The molecule has 1 unspecified atom stereocenters. The van der Waals surface area contributed by atoms with Crippen molar-refractivity contribution in [2.45, 2.75) is 45.1 Å². The van der Waals surface area contributed by atoms with Crippen molar-refractivity contribution in [2.75, 3.05) is 0 Å². The van der Waals surface area contributed by atoms with Crippen LogP contribution in [-0.4, -0.2) is 9.78 Å². The van der Waals surface area contributed by atoms with Crippen LogP contribution in [0.3, 0.4) is 0 Å². The highest BCUT2D eigenvalue weighted by Gasteiger charge is 2.16. The molecule has 0 aromatic carbocycles. The van der Waals surface area contributed by atoms with Gasteiger partial charge < -0.3 is 5.73 Å². The Bertz CT molecular complexity index is 390. The first-order valence-corrected chi connectivity index (χ1v) is 6.13. The van der Waals surface area contributed by atoms with E-state index in [4.69, 9.17) is 5.73 Å². The Morgan fingerprint density at radius 3 is 2.88 bits per heavy atom. The maximum atomic E-state index is 6.32. The number of rotatable bonds is 2. The van der Waals surface area contributed by atoms with Crippen molar-refractivity contribution in [3.63, 3.8) is 0 Å². The van der Waals surface area contributed by atoms with Crippen molar-refractivity contribution in [1.82, 2.24) is 9.78 Å². The smallest absolute Gasteiger partial charge is 0.0682 e. The summed E-state index contributed by atoms with van der Waals surface area (Å²) in [4.78, 5) is 0. The summed E-state index contributed by atoms with van der Waals surface area (Å²) in [6, 6.07) is 2.13. The summed E-state index contributed by atoms with van der Waals surface area (Å²) in [5, 5.41) is 4.36. The van der Waals surface area contributed by atoms with E-state index in [0.717, 1.165) is 17.8 Å². The fourth-order valence-electron chi connectivity index (χ4n) is 2.43. The first-order chi connectivity index (χ1) is 7.68. The van der Waals surface area contributed by atoms with Crippen LogP contribution in [-0.2, 0) is 7.05 Å². The van der Waals surface area contributed by atoms with Crippen LogP contribution in [0.2, 0.25) is 0 Å². The second-order valence-corrected chi connectivity index (χ2v) is 4.69. The lowest BCUT2D eigenvalue weighted by Gasteiger charge is -2.15. The lowest BCUT2D eigenvalue weighted by atomic mass is 10.00. The summed E-state index contributed by atoms with van der Waals surface area (Å²) in [6.45, 7) is 2.01. The summed E-state index contributed by atoms with van der Waals surface area (Å²) >= 11 is 0. The van der Waals surface area contributed by atoms with E-state index in [9.17, 15) is 0 Å². The molecule has 1 heterocycles. The molecule has 0 spiro atoms. The van der Waals surface area contributed by atoms with Crippen molar-refractivity contribution in [3.05, 3.63) is 29.1 Å². The molecule has 1 aliphatic rings. The largest absolute Gasteiger partial charge is 0.319 e. The highest BCUT2D eigenvalue weighted by molar-refractivity contribution is 5.24. The van der Waals surface area contributed by atoms with E-state index in [1.165, 1.54) is 31.3 Å². The molecule has 0 fully saturated rings. The highest BCUT2D eigenvalue weighted by Crippen LogP contribution is 2.27. The van der Waals surface area contributed by atoms with Crippen LogP contribution in [0.5, 0.6) is 0 Å². The molecule has 0 bridgehead atoms. The quantitative estimate of drug-likeness (QED) is 0.777. The van der Waals surface area contributed by atoms with Crippen molar-refractivity contribution in [2.24, 2.45) is 12.8 Å². The molecule has 0 saturated heterocycles. The van der Waals surface area contributed by atoms with Gasteiger partial charge in [-0.3, -0.25) is 4.68 Å². The summed E-state index contributed by atoms with van der Waals surface area (Å²) in [6.07, 6.45) is 8.57. The van der Waals surface area contributed by atoms with Gasteiger partial charge in [0, 0.05) is 7.05 Å². The normalized spacial score (nSPS) is 19.1. The number of aryl methyl sites for hydroxylation is 2. The molecule has 3 nitrogen and oxygen atoms in total. The minimum Gasteiger partial charge on any atom is -0.319 e. The second-order valence-electron chi connectivity index (χ2n) is 4.69.